The molecule has 0 radical (unpaired) electrons. The monoisotopic (exact) mass is 114 g/mol. The zero-order valence-electron chi connectivity index (χ0n) is 4.71. The molecule has 0 bridgehead atoms. The van der Waals surface area contributed by atoms with E-state index in [1.165, 1.54) is 0 Å². The number of epoxide rings is 1. The molecule has 46 valence electrons. The maximum Gasteiger partial charge on any atom is 0.107 e. The largest absolute Gasteiger partial charge is 0.394 e. The van der Waals surface area contributed by atoms with Crippen LogP contribution in [0.5, 0.6) is 0 Å². The van der Waals surface area contributed by atoms with Crippen molar-refractivity contribution in [1.82, 2.24) is 0 Å². The topological polar surface area (TPSA) is 32.8 Å². The molecule has 2 nitrogen and oxygen atoms in total. The Labute approximate surface area is 48.8 Å². The van der Waals surface area contributed by atoms with Crippen LogP contribution in [0.1, 0.15) is 6.42 Å². The van der Waals surface area contributed by atoms with Crippen LogP contribution in [-0.2, 0) is 4.74 Å². The van der Waals surface area contributed by atoms with Gasteiger partial charge in [0.25, 0.3) is 0 Å². The molecule has 1 aliphatic rings. The molecule has 0 aromatic heterocycles. The molecule has 0 aliphatic carbocycles. The van der Waals surface area contributed by atoms with E-state index in [2.05, 4.69) is 6.58 Å². The van der Waals surface area contributed by atoms with Crippen molar-refractivity contribution in [2.45, 2.75) is 18.6 Å². The van der Waals surface area contributed by atoms with E-state index in [1.54, 1.807) is 6.08 Å². The number of aliphatic hydroxyl groups is 1. The van der Waals surface area contributed by atoms with E-state index in [0.29, 0.717) is 0 Å². The van der Waals surface area contributed by atoms with Gasteiger partial charge in [-0.1, -0.05) is 6.08 Å². The lowest BCUT2D eigenvalue weighted by atomic mass is 10.2. The number of hydrogen-bond donors (Lipinski definition) is 1. The number of aliphatic hydroxyl groups excluding tert-OH is 1. The fourth-order valence-corrected chi connectivity index (χ4v) is 0.711. The van der Waals surface area contributed by atoms with Gasteiger partial charge in [-0.3, -0.25) is 0 Å². The lowest BCUT2D eigenvalue weighted by Crippen LogP contribution is -1.96. The molecule has 2 atom stereocenters. The summed E-state index contributed by atoms with van der Waals surface area (Å²) in [5, 5.41) is 8.44. The van der Waals surface area contributed by atoms with Crippen LogP contribution in [0.25, 0.3) is 0 Å². The van der Waals surface area contributed by atoms with Crippen LogP contribution >= 0.6 is 0 Å². The highest BCUT2D eigenvalue weighted by molar-refractivity contribution is 4.89. The van der Waals surface area contributed by atoms with Crippen LogP contribution < -0.4 is 0 Å². The summed E-state index contributed by atoms with van der Waals surface area (Å²) < 4.78 is 4.99. The normalized spacial score (nSPS) is 34.6. The Morgan fingerprint density at radius 2 is 2.38 bits per heavy atom. The van der Waals surface area contributed by atoms with E-state index in [9.17, 15) is 0 Å². The molecular formula is C6H10O2. The first-order valence-corrected chi connectivity index (χ1v) is 2.75. The van der Waals surface area contributed by atoms with Gasteiger partial charge in [0.2, 0.25) is 0 Å². The first-order valence-electron chi connectivity index (χ1n) is 2.75. The predicted molar refractivity (Wildman–Crippen MR) is 30.6 cm³/mol. The second-order valence-corrected chi connectivity index (χ2v) is 1.92. The van der Waals surface area contributed by atoms with Crippen molar-refractivity contribution in [2.75, 3.05) is 6.61 Å². The van der Waals surface area contributed by atoms with Crippen molar-refractivity contribution >= 4 is 0 Å². The Balaban J connectivity index is 2.07. The second kappa shape index (κ2) is 2.29. The van der Waals surface area contributed by atoms with Crippen LogP contribution in [0.15, 0.2) is 12.7 Å². The molecule has 1 saturated heterocycles. The van der Waals surface area contributed by atoms with Crippen molar-refractivity contribution in [1.29, 1.82) is 0 Å². The predicted octanol–water partition coefficient (Wildman–Crippen LogP) is 0.322. The molecule has 0 aromatic carbocycles. The first-order chi connectivity index (χ1) is 3.88. The Hall–Kier alpha value is -0.340. The van der Waals surface area contributed by atoms with Gasteiger partial charge < -0.3 is 9.84 Å². The molecule has 1 rings (SSSR count). The van der Waals surface area contributed by atoms with Gasteiger partial charge in [-0.25, -0.2) is 0 Å². The quantitative estimate of drug-likeness (QED) is 0.423. The SMILES string of the molecule is C=CC[C@@H]1O[C@@H]1CO. The van der Waals surface area contributed by atoms with Gasteiger partial charge in [-0.15, -0.1) is 6.58 Å². The minimum Gasteiger partial charge on any atom is -0.394 e. The van der Waals surface area contributed by atoms with Crippen LogP contribution in [0.2, 0.25) is 0 Å². The maximum atomic E-state index is 8.44. The number of hydrogen-bond acceptors (Lipinski definition) is 2. The van der Waals surface area contributed by atoms with Crippen molar-refractivity contribution in [3.63, 3.8) is 0 Å². The summed E-state index contributed by atoms with van der Waals surface area (Å²) >= 11 is 0. The van der Waals surface area contributed by atoms with Crippen LogP contribution in [0.4, 0.5) is 0 Å². The summed E-state index contributed by atoms with van der Waals surface area (Å²) in [6, 6.07) is 0. The van der Waals surface area contributed by atoms with Crippen LogP contribution in [0, 0.1) is 0 Å². The van der Waals surface area contributed by atoms with Gasteiger partial charge >= 0.3 is 0 Å². The van der Waals surface area contributed by atoms with Gasteiger partial charge in [0, 0.05) is 0 Å². The van der Waals surface area contributed by atoms with E-state index in [0.717, 1.165) is 6.42 Å². The molecule has 0 unspecified atom stereocenters. The van der Waals surface area contributed by atoms with Crippen molar-refractivity contribution < 1.29 is 9.84 Å². The molecule has 1 aliphatic heterocycles. The smallest absolute Gasteiger partial charge is 0.107 e. The highest BCUT2D eigenvalue weighted by Gasteiger charge is 2.36. The Kier molecular flexibility index (Phi) is 1.65. The second-order valence-electron chi connectivity index (χ2n) is 1.92. The maximum absolute atomic E-state index is 8.44. The highest BCUT2D eigenvalue weighted by Crippen LogP contribution is 2.24. The summed E-state index contributed by atoms with van der Waals surface area (Å²) in [5.74, 6) is 0. The Bertz CT molecular complexity index is 90.5. The van der Waals surface area contributed by atoms with E-state index in [4.69, 9.17) is 9.84 Å². The van der Waals surface area contributed by atoms with Gasteiger partial charge in [0.15, 0.2) is 0 Å². The van der Waals surface area contributed by atoms with Gasteiger partial charge in [-0.05, 0) is 6.42 Å². The third-order valence-corrected chi connectivity index (χ3v) is 1.27. The van der Waals surface area contributed by atoms with E-state index >= 15 is 0 Å². The molecule has 1 heterocycles. The van der Waals surface area contributed by atoms with Crippen LogP contribution in [-0.4, -0.2) is 23.9 Å². The fourth-order valence-electron chi connectivity index (χ4n) is 0.711. The third-order valence-electron chi connectivity index (χ3n) is 1.27. The molecular weight excluding hydrogens is 104 g/mol. The fraction of sp³-hybridized carbons (Fsp3) is 0.667. The standard InChI is InChI=1S/C6H10O2/c1-2-3-5-6(4-7)8-5/h2,5-7H,1,3-4H2/t5-,6+/m0/s1. The number of rotatable bonds is 3. The minimum atomic E-state index is 0.105. The Morgan fingerprint density at radius 3 is 2.75 bits per heavy atom. The summed E-state index contributed by atoms with van der Waals surface area (Å²) in [5.41, 5.74) is 0. The summed E-state index contributed by atoms with van der Waals surface area (Å²) in [4.78, 5) is 0. The van der Waals surface area contributed by atoms with Crippen molar-refractivity contribution in [2.24, 2.45) is 0 Å². The zero-order valence-corrected chi connectivity index (χ0v) is 4.71. The minimum absolute atomic E-state index is 0.105. The molecule has 8 heavy (non-hydrogen) atoms. The molecule has 0 amide bonds. The van der Waals surface area contributed by atoms with Gasteiger partial charge in [0.1, 0.15) is 6.10 Å². The molecule has 1 fully saturated rings. The molecule has 0 aromatic rings. The average Bonchev–Trinajstić information content (AvgIpc) is 2.48. The van der Waals surface area contributed by atoms with E-state index in [1.807, 2.05) is 0 Å². The van der Waals surface area contributed by atoms with E-state index < -0.39 is 0 Å². The van der Waals surface area contributed by atoms with Gasteiger partial charge in [-0.2, -0.15) is 0 Å². The first kappa shape index (κ1) is 5.79. The highest BCUT2D eigenvalue weighted by atomic mass is 16.6. The molecule has 2 heteroatoms. The van der Waals surface area contributed by atoms with Crippen LogP contribution in [0.3, 0.4) is 0 Å². The Morgan fingerprint density at radius 1 is 1.62 bits per heavy atom. The summed E-state index contributed by atoms with van der Waals surface area (Å²) in [6.45, 7) is 3.70. The average molecular weight is 114 g/mol. The number of ether oxygens (including phenoxy) is 1. The lowest BCUT2D eigenvalue weighted by molar-refractivity contribution is 0.242. The van der Waals surface area contributed by atoms with Crippen molar-refractivity contribution in [3.8, 4) is 0 Å². The van der Waals surface area contributed by atoms with Gasteiger partial charge in [0.05, 0.1) is 12.7 Å². The summed E-state index contributed by atoms with van der Waals surface area (Å²) in [6.07, 6.45) is 3.04. The molecule has 0 spiro atoms. The molecule has 0 saturated carbocycles. The van der Waals surface area contributed by atoms with E-state index in [-0.39, 0.29) is 18.8 Å². The summed E-state index contributed by atoms with van der Waals surface area (Å²) in [7, 11) is 0. The molecule has 1 N–H and O–H groups in total. The third kappa shape index (κ3) is 1.08. The van der Waals surface area contributed by atoms with Crippen molar-refractivity contribution in [3.05, 3.63) is 12.7 Å². The zero-order chi connectivity index (χ0) is 5.98. The lowest BCUT2D eigenvalue weighted by Gasteiger charge is -1.80.